The zero-order chi connectivity index (χ0) is 6.85. The molecule has 6 heteroatoms. The van der Waals surface area contributed by atoms with Crippen LogP contribution in [0.2, 0.25) is 0 Å². The minimum atomic E-state index is -2.87. The molecule has 48 valence electrons. The summed E-state index contributed by atoms with van der Waals surface area (Å²) in [6, 6.07) is 0. The van der Waals surface area contributed by atoms with Crippen molar-refractivity contribution in [2.24, 2.45) is 15.4 Å². The lowest BCUT2D eigenvalue weighted by molar-refractivity contribution is -0.112. The Kier molecular flexibility index (Phi) is 1.29. The first kappa shape index (κ1) is 5.93. The Morgan fingerprint density at radius 1 is 1.44 bits per heavy atom. The summed E-state index contributed by atoms with van der Waals surface area (Å²) in [6.07, 6.45) is -2.87. The molecular weight excluding hydrogens is 132 g/mol. The highest BCUT2D eigenvalue weighted by Gasteiger charge is 2.25. The van der Waals surface area contributed by atoms with Crippen molar-refractivity contribution in [1.82, 2.24) is 0 Å². The topological polar surface area (TPSA) is 54.1 Å². The molecule has 0 aromatic rings. The lowest BCUT2D eigenvalue weighted by Crippen LogP contribution is -2.16. The van der Waals surface area contributed by atoms with Crippen molar-refractivity contribution in [2.75, 3.05) is 0 Å². The van der Waals surface area contributed by atoms with Crippen molar-refractivity contribution < 1.29 is 13.6 Å². The fourth-order valence-corrected chi connectivity index (χ4v) is 0.342. The summed E-state index contributed by atoms with van der Waals surface area (Å²) in [6.45, 7) is 0. The van der Waals surface area contributed by atoms with Crippen molar-refractivity contribution in [1.29, 1.82) is 0 Å². The number of carbonyl (C=O) groups excluding carboxylic acids is 1. The Bertz CT molecular complexity index is 197. The molecule has 1 aliphatic heterocycles. The quantitative estimate of drug-likeness (QED) is 0.516. The third kappa shape index (κ3) is 0.956. The fourth-order valence-electron chi connectivity index (χ4n) is 0.342. The van der Waals surface area contributed by atoms with Gasteiger partial charge in [0.25, 0.3) is 6.43 Å². The van der Waals surface area contributed by atoms with Crippen LogP contribution in [0.25, 0.3) is 0 Å². The normalized spacial score (nSPS) is 17.2. The molecule has 1 aliphatic rings. The zero-order valence-corrected chi connectivity index (χ0v) is 4.08. The predicted octanol–water partition coefficient (Wildman–Crippen LogP) is 0.600. The van der Waals surface area contributed by atoms with E-state index in [9.17, 15) is 13.6 Å². The molecule has 0 radical (unpaired) electrons. The Morgan fingerprint density at radius 3 is 2.33 bits per heavy atom. The van der Waals surface area contributed by atoms with E-state index in [0.29, 0.717) is 0 Å². The Labute approximate surface area is 48.3 Å². The van der Waals surface area contributed by atoms with Crippen LogP contribution < -0.4 is 0 Å². The number of hydrogen-bond acceptors (Lipinski definition) is 3. The number of amides is 1. The monoisotopic (exact) mass is 133 g/mol. The first-order chi connectivity index (χ1) is 4.22. The molecule has 0 N–H and O–H groups in total. The van der Waals surface area contributed by atoms with Gasteiger partial charge in [0.05, 0.1) is 0 Å². The van der Waals surface area contributed by atoms with Gasteiger partial charge >= 0.3 is 5.91 Å². The molecule has 0 saturated carbocycles. The van der Waals surface area contributed by atoms with Crippen LogP contribution in [0.3, 0.4) is 0 Å². The van der Waals surface area contributed by atoms with Crippen LogP contribution in [0.15, 0.2) is 15.4 Å². The van der Waals surface area contributed by atoms with Crippen molar-refractivity contribution in [3.8, 4) is 0 Å². The summed E-state index contributed by atoms with van der Waals surface area (Å²) >= 11 is 0. The van der Waals surface area contributed by atoms with Crippen LogP contribution >= 0.6 is 0 Å². The second-order valence-electron chi connectivity index (χ2n) is 1.28. The molecule has 0 aliphatic carbocycles. The van der Waals surface area contributed by atoms with E-state index >= 15 is 0 Å². The van der Waals surface area contributed by atoms with Gasteiger partial charge in [0.1, 0.15) is 0 Å². The van der Waals surface area contributed by atoms with Crippen molar-refractivity contribution >= 4 is 11.6 Å². The largest absolute Gasteiger partial charge is 0.319 e. The fraction of sp³-hybridized carbons (Fsp3) is 0.333. The molecule has 1 rings (SSSR count). The van der Waals surface area contributed by atoms with E-state index in [0.717, 1.165) is 0 Å². The van der Waals surface area contributed by atoms with Gasteiger partial charge in [-0.1, -0.05) is 5.11 Å². The van der Waals surface area contributed by atoms with Crippen molar-refractivity contribution in [2.45, 2.75) is 6.43 Å². The summed E-state index contributed by atoms with van der Waals surface area (Å²) < 4.78 is 23.0. The second-order valence-corrected chi connectivity index (χ2v) is 1.28. The van der Waals surface area contributed by atoms with Crippen molar-refractivity contribution in [3.63, 3.8) is 0 Å². The molecule has 0 aromatic carbocycles. The zero-order valence-electron chi connectivity index (χ0n) is 4.08. The van der Waals surface area contributed by atoms with E-state index in [-0.39, 0.29) is 0 Å². The van der Waals surface area contributed by atoms with Gasteiger partial charge in [-0.05, 0) is 5.22 Å². The van der Waals surface area contributed by atoms with E-state index in [1.54, 1.807) is 0 Å². The van der Waals surface area contributed by atoms with Gasteiger partial charge in [0.15, 0.2) is 5.71 Å². The van der Waals surface area contributed by atoms with Gasteiger partial charge in [-0.3, -0.25) is 4.79 Å². The Balaban J connectivity index is 2.76. The van der Waals surface area contributed by atoms with E-state index in [4.69, 9.17) is 0 Å². The Morgan fingerprint density at radius 2 is 2.11 bits per heavy atom. The lowest BCUT2D eigenvalue weighted by atomic mass is 10.4. The highest BCUT2D eigenvalue weighted by molar-refractivity contribution is 6.41. The maximum atomic E-state index is 11.5. The van der Waals surface area contributed by atoms with Gasteiger partial charge in [-0.15, -0.1) is 5.10 Å². The summed E-state index contributed by atoms with van der Waals surface area (Å²) in [5, 5.41) is 8.28. The van der Waals surface area contributed by atoms with E-state index in [1.807, 2.05) is 0 Å². The highest BCUT2D eigenvalue weighted by Crippen LogP contribution is 2.04. The van der Waals surface area contributed by atoms with Gasteiger partial charge in [-0.2, -0.15) is 0 Å². The molecule has 0 aromatic heterocycles. The molecule has 1 amide bonds. The van der Waals surface area contributed by atoms with Crippen molar-refractivity contribution in [3.05, 3.63) is 0 Å². The van der Waals surface area contributed by atoms with Gasteiger partial charge in [0, 0.05) is 0 Å². The second kappa shape index (κ2) is 1.96. The van der Waals surface area contributed by atoms with Gasteiger partial charge < -0.3 is 0 Å². The summed E-state index contributed by atoms with van der Waals surface area (Å²) in [7, 11) is 0. The molecular formula is C3HF2N3O. The third-order valence-corrected chi connectivity index (χ3v) is 0.714. The summed E-state index contributed by atoms with van der Waals surface area (Å²) in [5.41, 5.74) is -0.880. The average Bonchev–Trinajstić information content (AvgIpc) is 2.13. The Hall–Kier alpha value is -1.20. The molecule has 0 fully saturated rings. The predicted molar refractivity (Wildman–Crippen MR) is 23.3 cm³/mol. The molecule has 0 saturated heterocycles. The van der Waals surface area contributed by atoms with E-state index in [1.165, 1.54) is 0 Å². The first-order valence-electron chi connectivity index (χ1n) is 2.03. The van der Waals surface area contributed by atoms with E-state index in [2.05, 4.69) is 15.4 Å². The maximum absolute atomic E-state index is 11.5. The number of alkyl halides is 2. The standard InChI is InChI=1S/C3HF2N3O/c4-2(5)1-3(9)7-8-6-1/h2H. The van der Waals surface area contributed by atoms with Crippen LogP contribution in [0.4, 0.5) is 8.78 Å². The third-order valence-electron chi connectivity index (χ3n) is 0.714. The molecule has 0 atom stereocenters. The molecule has 4 nitrogen and oxygen atoms in total. The molecule has 0 unspecified atom stereocenters. The molecule has 9 heavy (non-hydrogen) atoms. The number of rotatable bonds is 1. The number of halogens is 2. The summed E-state index contributed by atoms with van der Waals surface area (Å²) in [4.78, 5) is 10.1. The minimum Gasteiger partial charge on any atom is -0.263 e. The van der Waals surface area contributed by atoms with Crippen LogP contribution in [-0.2, 0) is 4.79 Å². The smallest absolute Gasteiger partial charge is 0.263 e. The number of carbonyl (C=O) groups is 1. The first-order valence-corrected chi connectivity index (χ1v) is 2.03. The van der Waals surface area contributed by atoms with Crippen LogP contribution in [0.1, 0.15) is 0 Å². The summed E-state index contributed by atoms with van der Waals surface area (Å²) in [5.74, 6) is -1.05. The van der Waals surface area contributed by atoms with Crippen LogP contribution in [0.5, 0.6) is 0 Å². The maximum Gasteiger partial charge on any atom is 0.319 e. The highest BCUT2D eigenvalue weighted by atomic mass is 19.3. The number of nitrogens with zero attached hydrogens (tertiary/aromatic N) is 3. The molecule has 0 bridgehead atoms. The number of hydrogen-bond donors (Lipinski definition) is 0. The molecule has 1 heterocycles. The average molecular weight is 133 g/mol. The lowest BCUT2D eigenvalue weighted by Gasteiger charge is -1.88. The van der Waals surface area contributed by atoms with Crippen LogP contribution in [0, 0.1) is 0 Å². The molecule has 0 spiro atoms. The van der Waals surface area contributed by atoms with Gasteiger partial charge in [0.2, 0.25) is 0 Å². The SMILES string of the molecule is O=C1N=NN=C1C(F)F. The van der Waals surface area contributed by atoms with Crippen LogP contribution in [-0.4, -0.2) is 18.0 Å². The van der Waals surface area contributed by atoms with Gasteiger partial charge in [-0.25, -0.2) is 8.78 Å². The minimum absolute atomic E-state index is 0.880. The van der Waals surface area contributed by atoms with E-state index < -0.39 is 18.0 Å².